The molecule has 0 aliphatic heterocycles. The van der Waals surface area contributed by atoms with Crippen LogP contribution in [0.3, 0.4) is 0 Å². The Hall–Kier alpha value is -0.820. The molecule has 1 aromatic rings. The summed E-state index contributed by atoms with van der Waals surface area (Å²) in [5.41, 5.74) is 8.60. The number of nitrogens with two attached hydrogens (primary N) is 1. The van der Waals surface area contributed by atoms with Crippen molar-refractivity contribution in [3.8, 4) is 0 Å². The number of hydrogen-bond acceptors (Lipinski definition) is 1. The predicted octanol–water partition coefficient (Wildman–Crippen LogP) is 2.70. The van der Waals surface area contributed by atoms with Gasteiger partial charge in [0.2, 0.25) is 0 Å². The van der Waals surface area contributed by atoms with E-state index < -0.39 is 0 Å². The summed E-state index contributed by atoms with van der Waals surface area (Å²) in [4.78, 5) is 0. The van der Waals surface area contributed by atoms with Crippen LogP contribution < -0.4 is 5.73 Å². The number of rotatable bonds is 4. The monoisotopic (exact) mass is 189 g/mol. The standard InChI is InChI=1S/C13H19N/c1-10(11-6-7-11)13-5-3-2-4-12(13)8-9-14/h2-5,10-11H,6-9,14H2,1H3. The fourth-order valence-corrected chi connectivity index (χ4v) is 2.21. The van der Waals surface area contributed by atoms with Gasteiger partial charge in [0, 0.05) is 0 Å². The van der Waals surface area contributed by atoms with Gasteiger partial charge in [-0.05, 0) is 48.8 Å². The van der Waals surface area contributed by atoms with Gasteiger partial charge in [0.15, 0.2) is 0 Å². The van der Waals surface area contributed by atoms with Crippen molar-refractivity contribution < 1.29 is 0 Å². The Balaban J connectivity index is 2.20. The first-order valence-electron chi connectivity index (χ1n) is 5.61. The van der Waals surface area contributed by atoms with Gasteiger partial charge in [-0.2, -0.15) is 0 Å². The first-order valence-corrected chi connectivity index (χ1v) is 5.61. The maximum Gasteiger partial charge on any atom is -0.00366 e. The molecule has 1 aliphatic carbocycles. The molecule has 1 saturated carbocycles. The van der Waals surface area contributed by atoms with E-state index in [-0.39, 0.29) is 0 Å². The van der Waals surface area contributed by atoms with Crippen LogP contribution in [0.2, 0.25) is 0 Å². The van der Waals surface area contributed by atoms with E-state index in [0.29, 0.717) is 0 Å². The molecule has 0 bridgehead atoms. The van der Waals surface area contributed by atoms with Gasteiger partial charge in [0.1, 0.15) is 0 Å². The highest BCUT2D eigenvalue weighted by Gasteiger charge is 2.29. The van der Waals surface area contributed by atoms with E-state index in [9.17, 15) is 0 Å². The lowest BCUT2D eigenvalue weighted by atomic mass is 9.91. The summed E-state index contributed by atoms with van der Waals surface area (Å²) >= 11 is 0. The van der Waals surface area contributed by atoms with Crippen molar-refractivity contribution in [2.75, 3.05) is 6.54 Å². The van der Waals surface area contributed by atoms with E-state index in [1.807, 2.05) is 0 Å². The zero-order valence-electron chi connectivity index (χ0n) is 8.87. The van der Waals surface area contributed by atoms with Gasteiger partial charge in [-0.25, -0.2) is 0 Å². The summed E-state index contributed by atoms with van der Waals surface area (Å²) in [7, 11) is 0. The molecule has 0 radical (unpaired) electrons. The Kier molecular flexibility index (Phi) is 2.87. The van der Waals surface area contributed by atoms with E-state index in [1.165, 1.54) is 24.0 Å². The topological polar surface area (TPSA) is 26.0 Å². The highest BCUT2D eigenvalue weighted by Crippen LogP contribution is 2.43. The molecular formula is C13H19N. The van der Waals surface area contributed by atoms with Gasteiger partial charge in [0.05, 0.1) is 0 Å². The summed E-state index contributed by atoms with van der Waals surface area (Å²) in [6, 6.07) is 8.76. The van der Waals surface area contributed by atoms with E-state index in [2.05, 4.69) is 31.2 Å². The Labute approximate surface area is 86.3 Å². The fraction of sp³-hybridized carbons (Fsp3) is 0.538. The average Bonchev–Trinajstić information content (AvgIpc) is 3.01. The Morgan fingerprint density at radius 2 is 2.07 bits per heavy atom. The van der Waals surface area contributed by atoms with Crippen molar-refractivity contribution in [3.05, 3.63) is 35.4 Å². The van der Waals surface area contributed by atoms with Crippen LogP contribution in [0.5, 0.6) is 0 Å². The van der Waals surface area contributed by atoms with Gasteiger partial charge < -0.3 is 5.73 Å². The molecule has 1 aliphatic rings. The molecule has 76 valence electrons. The second-order valence-corrected chi connectivity index (χ2v) is 4.36. The van der Waals surface area contributed by atoms with Crippen LogP contribution in [0, 0.1) is 5.92 Å². The SMILES string of the molecule is CC(c1ccccc1CCN)C1CC1. The van der Waals surface area contributed by atoms with Crippen molar-refractivity contribution in [2.24, 2.45) is 11.7 Å². The first-order chi connectivity index (χ1) is 6.83. The molecule has 0 amide bonds. The fourth-order valence-electron chi connectivity index (χ4n) is 2.21. The summed E-state index contributed by atoms with van der Waals surface area (Å²) < 4.78 is 0. The number of benzene rings is 1. The smallest absolute Gasteiger partial charge is 0.00366 e. The third kappa shape index (κ3) is 1.98. The highest BCUT2D eigenvalue weighted by molar-refractivity contribution is 5.31. The molecule has 0 aromatic heterocycles. The Morgan fingerprint density at radius 1 is 1.36 bits per heavy atom. The average molecular weight is 189 g/mol. The third-order valence-electron chi connectivity index (χ3n) is 3.29. The quantitative estimate of drug-likeness (QED) is 0.774. The molecule has 1 aromatic carbocycles. The van der Waals surface area contributed by atoms with E-state index >= 15 is 0 Å². The molecule has 2 rings (SSSR count). The van der Waals surface area contributed by atoms with Gasteiger partial charge >= 0.3 is 0 Å². The summed E-state index contributed by atoms with van der Waals surface area (Å²) in [5, 5.41) is 0. The van der Waals surface area contributed by atoms with Crippen molar-refractivity contribution in [3.63, 3.8) is 0 Å². The molecular weight excluding hydrogens is 170 g/mol. The van der Waals surface area contributed by atoms with E-state index in [0.717, 1.165) is 24.8 Å². The lowest BCUT2D eigenvalue weighted by Gasteiger charge is -2.15. The van der Waals surface area contributed by atoms with Crippen LogP contribution in [-0.4, -0.2) is 6.54 Å². The van der Waals surface area contributed by atoms with Crippen LogP contribution in [0.4, 0.5) is 0 Å². The summed E-state index contributed by atoms with van der Waals surface area (Å²) in [5.74, 6) is 1.67. The Bertz CT molecular complexity index is 302. The second-order valence-electron chi connectivity index (χ2n) is 4.36. The maximum absolute atomic E-state index is 5.62. The van der Waals surface area contributed by atoms with E-state index in [1.54, 1.807) is 0 Å². The molecule has 1 nitrogen and oxygen atoms in total. The van der Waals surface area contributed by atoms with Crippen molar-refractivity contribution in [1.82, 2.24) is 0 Å². The van der Waals surface area contributed by atoms with Crippen molar-refractivity contribution in [2.45, 2.75) is 32.1 Å². The summed E-state index contributed by atoms with van der Waals surface area (Å²) in [6.45, 7) is 3.11. The molecule has 1 fully saturated rings. The van der Waals surface area contributed by atoms with Gasteiger partial charge in [0.25, 0.3) is 0 Å². The van der Waals surface area contributed by atoms with Crippen LogP contribution >= 0.6 is 0 Å². The molecule has 2 N–H and O–H groups in total. The minimum atomic E-state index is 0.734. The number of hydrogen-bond donors (Lipinski definition) is 1. The molecule has 0 saturated heterocycles. The van der Waals surface area contributed by atoms with Crippen molar-refractivity contribution >= 4 is 0 Å². The van der Waals surface area contributed by atoms with Crippen LogP contribution in [0.25, 0.3) is 0 Å². The zero-order valence-corrected chi connectivity index (χ0v) is 8.87. The van der Waals surface area contributed by atoms with Gasteiger partial charge in [-0.1, -0.05) is 31.2 Å². The molecule has 1 unspecified atom stereocenters. The normalized spacial score (nSPS) is 18.1. The maximum atomic E-state index is 5.62. The molecule has 0 heterocycles. The van der Waals surface area contributed by atoms with Crippen LogP contribution in [0.1, 0.15) is 36.8 Å². The summed E-state index contributed by atoms with van der Waals surface area (Å²) in [6.07, 6.45) is 3.85. The minimum absolute atomic E-state index is 0.734. The zero-order chi connectivity index (χ0) is 9.97. The predicted molar refractivity (Wildman–Crippen MR) is 60.3 cm³/mol. The third-order valence-corrected chi connectivity index (χ3v) is 3.29. The van der Waals surface area contributed by atoms with Gasteiger partial charge in [-0.3, -0.25) is 0 Å². The molecule has 0 spiro atoms. The highest BCUT2D eigenvalue weighted by atomic mass is 14.5. The first kappa shape index (κ1) is 9.72. The second kappa shape index (κ2) is 4.14. The molecule has 1 heteroatoms. The lowest BCUT2D eigenvalue weighted by molar-refractivity contribution is 0.655. The largest absolute Gasteiger partial charge is 0.330 e. The van der Waals surface area contributed by atoms with E-state index in [4.69, 9.17) is 5.73 Å². The molecule has 14 heavy (non-hydrogen) atoms. The Morgan fingerprint density at radius 3 is 2.71 bits per heavy atom. The van der Waals surface area contributed by atoms with Crippen molar-refractivity contribution in [1.29, 1.82) is 0 Å². The lowest BCUT2D eigenvalue weighted by Crippen LogP contribution is -2.07. The molecule has 1 atom stereocenters. The minimum Gasteiger partial charge on any atom is -0.330 e. The van der Waals surface area contributed by atoms with Gasteiger partial charge in [-0.15, -0.1) is 0 Å². The van der Waals surface area contributed by atoms with Crippen LogP contribution in [0.15, 0.2) is 24.3 Å². The van der Waals surface area contributed by atoms with Crippen LogP contribution in [-0.2, 0) is 6.42 Å².